The summed E-state index contributed by atoms with van der Waals surface area (Å²) in [4.78, 5) is 14.1. The Morgan fingerprint density at radius 1 is 1.05 bits per heavy atom. The topological polar surface area (TPSA) is 52.6 Å². The van der Waals surface area contributed by atoms with Gasteiger partial charge in [-0.1, -0.05) is 42.5 Å². The Morgan fingerprint density at radius 3 is 2.41 bits per heavy atom. The molecule has 2 aromatic rings. The van der Waals surface area contributed by atoms with Gasteiger partial charge in [0, 0.05) is 6.42 Å². The van der Waals surface area contributed by atoms with Crippen LogP contribution in [-0.4, -0.2) is 27.1 Å². The quantitative estimate of drug-likeness (QED) is 0.850. The predicted octanol–water partition coefficient (Wildman–Crippen LogP) is 2.22. The summed E-state index contributed by atoms with van der Waals surface area (Å²) in [7, 11) is 0. The number of benzene rings is 2. The maximum absolute atomic E-state index is 12.5. The predicted molar refractivity (Wildman–Crippen MR) is 88.3 cm³/mol. The minimum atomic E-state index is -0.347. The maximum Gasteiger partial charge on any atom is 0.251 e. The van der Waals surface area contributed by atoms with Crippen LogP contribution in [0, 0.1) is 0 Å². The van der Waals surface area contributed by atoms with E-state index < -0.39 is 0 Å². The number of thiocarbonyl (C=S) groups is 1. The molecular formula is C17H16N2O2S. The summed E-state index contributed by atoms with van der Waals surface area (Å²) >= 11 is 5.28. The van der Waals surface area contributed by atoms with Crippen molar-refractivity contribution in [2.24, 2.45) is 0 Å². The smallest absolute Gasteiger partial charge is 0.251 e. The Balaban J connectivity index is 1.70. The van der Waals surface area contributed by atoms with E-state index in [4.69, 9.17) is 12.2 Å². The van der Waals surface area contributed by atoms with Gasteiger partial charge in [0.05, 0.1) is 6.54 Å². The Hall–Kier alpha value is -2.40. The van der Waals surface area contributed by atoms with E-state index in [-0.39, 0.29) is 17.7 Å². The summed E-state index contributed by atoms with van der Waals surface area (Å²) in [5.41, 5.74) is 2.03. The second-order valence-electron chi connectivity index (χ2n) is 5.28. The van der Waals surface area contributed by atoms with Gasteiger partial charge in [0.2, 0.25) is 0 Å². The summed E-state index contributed by atoms with van der Waals surface area (Å²) in [5.74, 6) is 0.206. The Morgan fingerprint density at radius 2 is 1.73 bits per heavy atom. The molecule has 1 heterocycles. The van der Waals surface area contributed by atoms with Crippen molar-refractivity contribution in [1.82, 2.24) is 10.2 Å². The molecule has 1 fully saturated rings. The van der Waals surface area contributed by atoms with Crippen LogP contribution in [0.2, 0.25) is 0 Å². The molecule has 1 saturated heterocycles. The van der Waals surface area contributed by atoms with Gasteiger partial charge in [-0.05, 0) is 35.5 Å². The lowest BCUT2D eigenvalue weighted by molar-refractivity contribution is -0.127. The molecule has 1 aliphatic heterocycles. The zero-order valence-electron chi connectivity index (χ0n) is 11.9. The third-order valence-corrected chi connectivity index (χ3v) is 4.00. The average molecular weight is 312 g/mol. The van der Waals surface area contributed by atoms with Crippen molar-refractivity contribution < 1.29 is 9.90 Å². The van der Waals surface area contributed by atoms with E-state index in [0.29, 0.717) is 18.1 Å². The third-order valence-electron chi connectivity index (χ3n) is 3.67. The van der Waals surface area contributed by atoms with Crippen LogP contribution in [0.5, 0.6) is 5.75 Å². The van der Waals surface area contributed by atoms with Crippen molar-refractivity contribution in [3.63, 3.8) is 0 Å². The highest BCUT2D eigenvalue weighted by molar-refractivity contribution is 7.80. The number of nitrogens with zero attached hydrogens (tertiary/aromatic N) is 1. The van der Waals surface area contributed by atoms with Crippen LogP contribution in [0.3, 0.4) is 0 Å². The van der Waals surface area contributed by atoms with E-state index in [9.17, 15) is 9.90 Å². The monoisotopic (exact) mass is 312 g/mol. The number of rotatable bonds is 4. The molecule has 3 rings (SSSR count). The van der Waals surface area contributed by atoms with Crippen molar-refractivity contribution in [2.45, 2.75) is 19.0 Å². The zero-order valence-corrected chi connectivity index (χ0v) is 12.7. The van der Waals surface area contributed by atoms with E-state index in [1.807, 2.05) is 42.5 Å². The summed E-state index contributed by atoms with van der Waals surface area (Å²) in [6.07, 6.45) is 0.546. The van der Waals surface area contributed by atoms with Crippen LogP contribution in [-0.2, 0) is 17.8 Å². The highest BCUT2D eigenvalue weighted by atomic mass is 32.1. The minimum absolute atomic E-state index is 0.0121. The first-order valence-electron chi connectivity index (χ1n) is 7.07. The number of hydrogen-bond acceptors (Lipinski definition) is 3. The number of nitrogens with one attached hydrogen (secondary N) is 1. The van der Waals surface area contributed by atoms with Gasteiger partial charge in [0.15, 0.2) is 5.11 Å². The minimum Gasteiger partial charge on any atom is -0.508 e. The summed E-state index contributed by atoms with van der Waals surface area (Å²) < 4.78 is 0. The largest absolute Gasteiger partial charge is 0.508 e. The normalized spacial score (nSPS) is 17.6. The van der Waals surface area contributed by atoms with Crippen molar-refractivity contribution in [3.8, 4) is 5.75 Å². The fourth-order valence-corrected chi connectivity index (χ4v) is 2.80. The Kier molecular flexibility index (Phi) is 4.06. The van der Waals surface area contributed by atoms with E-state index in [1.54, 1.807) is 17.0 Å². The van der Waals surface area contributed by atoms with Crippen molar-refractivity contribution >= 4 is 23.2 Å². The molecule has 2 N–H and O–H groups in total. The summed E-state index contributed by atoms with van der Waals surface area (Å²) in [5, 5.41) is 12.9. The Bertz CT molecular complexity index is 686. The fourth-order valence-electron chi connectivity index (χ4n) is 2.50. The third kappa shape index (κ3) is 3.09. The molecule has 1 atom stereocenters. The van der Waals surface area contributed by atoms with Crippen LogP contribution in [0.15, 0.2) is 54.6 Å². The molecule has 22 heavy (non-hydrogen) atoms. The number of hydrogen-bond donors (Lipinski definition) is 2. The highest BCUT2D eigenvalue weighted by Crippen LogP contribution is 2.17. The van der Waals surface area contributed by atoms with Gasteiger partial charge in [-0.25, -0.2) is 0 Å². The molecule has 5 heteroatoms. The standard InChI is InChI=1S/C17H16N2O2S/c20-14-8-6-12(7-9-14)10-15-16(21)19(17(22)18-15)11-13-4-2-1-3-5-13/h1-9,15,20H,10-11H2,(H,18,22)/t15-/m1/s1. The number of carbonyl (C=O) groups excluding carboxylic acids is 1. The number of amides is 1. The van der Waals surface area contributed by atoms with Gasteiger partial charge < -0.3 is 10.4 Å². The van der Waals surface area contributed by atoms with Crippen LogP contribution >= 0.6 is 12.2 Å². The fraction of sp³-hybridized carbons (Fsp3) is 0.176. The zero-order chi connectivity index (χ0) is 15.5. The first kappa shape index (κ1) is 14.5. The molecule has 0 spiro atoms. The molecule has 0 unspecified atom stereocenters. The second kappa shape index (κ2) is 6.15. The lowest BCUT2D eigenvalue weighted by Crippen LogP contribution is -2.32. The number of aromatic hydroxyl groups is 1. The van der Waals surface area contributed by atoms with Gasteiger partial charge in [0.1, 0.15) is 11.8 Å². The van der Waals surface area contributed by atoms with Gasteiger partial charge >= 0.3 is 0 Å². The molecule has 112 valence electrons. The number of phenols is 1. The van der Waals surface area contributed by atoms with E-state index >= 15 is 0 Å². The SMILES string of the molecule is O=C1[C@@H](Cc2ccc(O)cc2)NC(=S)N1Cc1ccccc1. The van der Waals surface area contributed by atoms with Gasteiger partial charge in [-0.15, -0.1) is 0 Å². The first-order chi connectivity index (χ1) is 10.6. The molecule has 1 aliphatic rings. The van der Waals surface area contributed by atoms with Crippen molar-refractivity contribution in [2.75, 3.05) is 0 Å². The summed E-state index contributed by atoms with van der Waals surface area (Å²) in [6, 6.07) is 16.3. The molecule has 4 nitrogen and oxygen atoms in total. The van der Waals surface area contributed by atoms with Crippen molar-refractivity contribution in [3.05, 3.63) is 65.7 Å². The second-order valence-corrected chi connectivity index (χ2v) is 5.67. The molecule has 0 aromatic heterocycles. The molecule has 1 amide bonds. The van der Waals surface area contributed by atoms with Crippen molar-refractivity contribution in [1.29, 1.82) is 0 Å². The maximum atomic E-state index is 12.5. The van der Waals surface area contributed by atoms with Crippen LogP contribution < -0.4 is 5.32 Å². The van der Waals surface area contributed by atoms with Crippen LogP contribution in [0.1, 0.15) is 11.1 Å². The average Bonchev–Trinajstić information content (AvgIpc) is 2.78. The Labute approximate surface area is 134 Å². The van der Waals surface area contributed by atoms with Crippen LogP contribution in [0.4, 0.5) is 0 Å². The number of carbonyl (C=O) groups is 1. The molecular weight excluding hydrogens is 296 g/mol. The lowest BCUT2D eigenvalue weighted by Gasteiger charge is -2.14. The first-order valence-corrected chi connectivity index (χ1v) is 7.48. The lowest BCUT2D eigenvalue weighted by atomic mass is 10.1. The summed E-state index contributed by atoms with van der Waals surface area (Å²) in [6.45, 7) is 0.484. The van der Waals surface area contributed by atoms with E-state index in [0.717, 1.165) is 11.1 Å². The molecule has 2 aromatic carbocycles. The molecule has 0 bridgehead atoms. The molecule has 0 radical (unpaired) electrons. The highest BCUT2D eigenvalue weighted by Gasteiger charge is 2.35. The van der Waals surface area contributed by atoms with E-state index in [2.05, 4.69) is 5.32 Å². The molecule has 0 aliphatic carbocycles. The van der Waals surface area contributed by atoms with Gasteiger partial charge in [0.25, 0.3) is 5.91 Å². The van der Waals surface area contributed by atoms with Gasteiger partial charge in [-0.2, -0.15) is 0 Å². The van der Waals surface area contributed by atoms with Gasteiger partial charge in [-0.3, -0.25) is 9.69 Å². The van der Waals surface area contributed by atoms with E-state index in [1.165, 1.54) is 0 Å². The van der Waals surface area contributed by atoms with Crippen LogP contribution in [0.25, 0.3) is 0 Å². The molecule has 0 saturated carbocycles. The number of phenolic OH excluding ortho intramolecular Hbond substituents is 1.